The van der Waals surface area contributed by atoms with Crippen LogP contribution >= 0.6 is 0 Å². The third kappa shape index (κ3) is 4.28. The number of aromatic nitrogens is 1. The summed E-state index contributed by atoms with van der Waals surface area (Å²) in [6.07, 6.45) is 0.120. The quantitative estimate of drug-likeness (QED) is 0.725. The molecule has 17 heavy (non-hydrogen) atoms. The molecule has 0 spiro atoms. The van der Waals surface area contributed by atoms with Crippen LogP contribution in [0.1, 0.15) is 24.3 Å². The van der Waals surface area contributed by atoms with Gasteiger partial charge in [0.05, 0.1) is 18.4 Å². The Balaban J connectivity index is 2.57. The van der Waals surface area contributed by atoms with E-state index in [4.69, 9.17) is 20.3 Å². The molecule has 0 aliphatic heterocycles. The molecular formula is C11H16N2O4. The smallest absolute Gasteiger partial charge is 0.354 e. The Bertz CT molecular complexity index is 393. The lowest BCUT2D eigenvalue weighted by Gasteiger charge is -2.10. The standard InChI is InChI=1S/C11H16N2O4/c1-7(2)16-5-6-17-10-8(12)3-4-9(13-10)11(14)15/h3-4,7H,5-6,12H2,1-2H3,(H,14,15). The lowest BCUT2D eigenvalue weighted by atomic mass is 10.3. The SMILES string of the molecule is CC(C)OCCOc1nc(C(=O)O)ccc1N. The zero-order chi connectivity index (χ0) is 12.8. The molecule has 3 N–H and O–H groups in total. The molecule has 0 aromatic carbocycles. The molecule has 0 amide bonds. The molecule has 0 atom stereocenters. The van der Waals surface area contributed by atoms with Crippen LogP contribution in [-0.4, -0.2) is 35.4 Å². The number of rotatable bonds is 6. The molecule has 0 unspecified atom stereocenters. The predicted molar refractivity (Wildman–Crippen MR) is 62.2 cm³/mol. The van der Waals surface area contributed by atoms with Crippen molar-refractivity contribution in [3.05, 3.63) is 17.8 Å². The van der Waals surface area contributed by atoms with E-state index in [1.165, 1.54) is 12.1 Å². The highest BCUT2D eigenvalue weighted by molar-refractivity contribution is 5.86. The van der Waals surface area contributed by atoms with Gasteiger partial charge in [0.15, 0.2) is 5.69 Å². The van der Waals surface area contributed by atoms with Crippen molar-refractivity contribution >= 4 is 11.7 Å². The van der Waals surface area contributed by atoms with Crippen LogP contribution in [0.3, 0.4) is 0 Å². The number of nitrogens with zero attached hydrogens (tertiary/aromatic N) is 1. The molecule has 0 radical (unpaired) electrons. The number of carboxylic acid groups (broad SMARTS) is 1. The first kappa shape index (κ1) is 13.2. The van der Waals surface area contributed by atoms with Gasteiger partial charge in [0.2, 0.25) is 5.88 Å². The van der Waals surface area contributed by atoms with Crippen LogP contribution in [0.25, 0.3) is 0 Å². The Morgan fingerprint density at radius 2 is 2.18 bits per heavy atom. The second-order valence-electron chi connectivity index (χ2n) is 3.66. The zero-order valence-corrected chi connectivity index (χ0v) is 9.84. The first-order chi connectivity index (χ1) is 8.00. The van der Waals surface area contributed by atoms with Crippen LogP contribution in [-0.2, 0) is 4.74 Å². The Kier molecular flexibility index (Phi) is 4.71. The number of aromatic carboxylic acids is 1. The summed E-state index contributed by atoms with van der Waals surface area (Å²) in [5.41, 5.74) is 5.82. The van der Waals surface area contributed by atoms with Gasteiger partial charge in [-0.25, -0.2) is 9.78 Å². The number of carbonyl (C=O) groups is 1. The average molecular weight is 240 g/mol. The van der Waals surface area contributed by atoms with Crippen molar-refractivity contribution in [3.8, 4) is 5.88 Å². The lowest BCUT2D eigenvalue weighted by molar-refractivity contribution is 0.0542. The largest absolute Gasteiger partial charge is 0.477 e. The second-order valence-corrected chi connectivity index (χ2v) is 3.66. The fourth-order valence-corrected chi connectivity index (χ4v) is 1.11. The molecule has 0 saturated heterocycles. The van der Waals surface area contributed by atoms with Crippen molar-refractivity contribution in [3.63, 3.8) is 0 Å². The molecule has 0 saturated carbocycles. The van der Waals surface area contributed by atoms with Crippen molar-refractivity contribution in [1.29, 1.82) is 0 Å². The minimum atomic E-state index is -1.12. The van der Waals surface area contributed by atoms with Gasteiger partial charge >= 0.3 is 5.97 Å². The summed E-state index contributed by atoms with van der Waals surface area (Å²) in [4.78, 5) is 14.5. The third-order valence-electron chi connectivity index (χ3n) is 1.88. The summed E-state index contributed by atoms with van der Waals surface area (Å²) in [7, 11) is 0. The summed E-state index contributed by atoms with van der Waals surface area (Å²) in [5.74, 6) is -0.995. The molecule has 0 bridgehead atoms. The molecule has 6 nitrogen and oxygen atoms in total. The molecule has 1 rings (SSSR count). The Morgan fingerprint density at radius 1 is 1.47 bits per heavy atom. The number of carboxylic acids is 1. The molecule has 1 heterocycles. The summed E-state index contributed by atoms with van der Waals surface area (Å²) in [6, 6.07) is 2.78. The molecule has 0 fully saturated rings. The predicted octanol–water partition coefficient (Wildman–Crippen LogP) is 1.17. The van der Waals surface area contributed by atoms with E-state index in [1.807, 2.05) is 13.8 Å². The number of nitrogens with two attached hydrogens (primary N) is 1. The first-order valence-electron chi connectivity index (χ1n) is 5.25. The molecule has 1 aromatic heterocycles. The van der Waals surface area contributed by atoms with Crippen LogP contribution in [0, 0.1) is 0 Å². The zero-order valence-electron chi connectivity index (χ0n) is 9.84. The van der Waals surface area contributed by atoms with Gasteiger partial charge in [-0.05, 0) is 26.0 Å². The topological polar surface area (TPSA) is 94.7 Å². The van der Waals surface area contributed by atoms with Crippen LogP contribution in [0.2, 0.25) is 0 Å². The Labute approximate surface area is 99.4 Å². The number of nitrogen functional groups attached to an aromatic ring is 1. The van der Waals surface area contributed by atoms with Gasteiger partial charge in [0.25, 0.3) is 0 Å². The molecule has 6 heteroatoms. The highest BCUT2D eigenvalue weighted by Gasteiger charge is 2.09. The van der Waals surface area contributed by atoms with Gasteiger partial charge in [-0.15, -0.1) is 0 Å². The maximum atomic E-state index is 10.7. The van der Waals surface area contributed by atoms with Crippen molar-refractivity contribution in [1.82, 2.24) is 4.98 Å². The summed E-state index contributed by atoms with van der Waals surface area (Å²) in [6.45, 7) is 4.50. The number of hydrogen-bond donors (Lipinski definition) is 2. The van der Waals surface area contributed by atoms with E-state index in [-0.39, 0.29) is 24.3 Å². The maximum absolute atomic E-state index is 10.7. The fraction of sp³-hybridized carbons (Fsp3) is 0.455. The Morgan fingerprint density at radius 3 is 2.76 bits per heavy atom. The molecule has 0 aliphatic rings. The van der Waals surface area contributed by atoms with E-state index >= 15 is 0 Å². The number of hydrogen-bond acceptors (Lipinski definition) is 5. The van der Waals surface area contributed by atoms with Crippen LogP contribution in [0.4, 0.5) is 5.69 Å². The molecular weight excluding hydrogens is 224 g/mol. The second kappa shape index (κ2) is 6.05. The molecule has 1 aromatic rings. The van der Waals surface area contributed by atoms with Gasteiger partial charge < -0.3 is 20.3 Å². The number of anilines is 1. The minimum Gasteiger partial charge on any atom is -0.477 e. The van der Waals surface area contributed by atoms with E-state index < -0.39 is 5.97 Å². The molecule has 0 aliphatic carbocycles. The van der Waals surface area contributed by atoms with Crippen molar-refractivity contribution < 1.29 is 19.4 Å². The van der Waals surface area contributed by atoms with E-state index in [0.717, 1.165) is 0 Å². The molecule has 94 valence electrons. The van der Waals surface area contributed by atoms with Crippen LogP contribution < -0.4 is 10.5 Å². The van der Waals surface area contributed by atoms with Gasteiger partial charge in [-0.1, -0.05) is 0 Å². The summed E-state index contributed by atoms with van der Waals surface area (Å²) >= 11 is 0. The van der Waals surface area contributed by atoms with E-state index in [2.05, 4.69) is 4.98 Å². The highest BCUT2D eigenvalue weighted by Crippen LogP contribution is 2.18. The summed E-state index contributed by atoms with van der Waals surface area (Å²) in [5, 5.41) is 8.76. The van der Waals surface area contributed by atoms with E-state index in [0.29, 0.717) is 12.3 Å². The lowest BCUT2D eigenvalue weighted by Crippen LogP contribution is -2.13. The van der Waals surface area contributed by atoms with Gasteiger partial charge in [0, 0.05) is 0 Å². The average Bonchev–Trinajstić information content (AvgIpc) is 2.25. The van der Waals surface area contributed by atoms with Crippen molar-refractivity contribution in [2.75, 3.05) is 18.9 Å². The minimum absolute atomic E-state index is 0.0982. The van der Waals surface area contributed by atoms with E-state index in [9.17, 15) is 4.79 Å². The third-order valence-corrected chi connectivity index (χ3v) is 1.88. The summed E-state index contributed by atoms with van der Waals surface area (Å²) < 4.78 is 10.5. The van der Waals surface area contributed by atoms with Crippen molar-refractivity contribution in [2.45, 2.75) is 20.0 Å². The fourth-order valence-electron chi connectivity index (χ4n) is 1.11. The Hall–Kier alpha value is -1.82. The van der Waals surface area contributed by atoms with E-state index in [1.54, 1.807) is 0 Å². The highest BCUT2D eigenvalue weighted by atomic mass is 16.5. The maximum Gasteiger partial charge on any atom is 0.354 e. The monoisotopic (exact) mass is 240 g/mol. The van der Waals surface area contributed by atoms with Gasteiger partial charge in [-0.3, -0.25) is 0 Å². The van der Waals surface area contributed by atoms with Crippen LogP contribution in [0.15, 0.2) is 12.1 Å². The van der Waals surface area contributed by atoms with Crippen LogP contribution in [0.5, 0.6) is 5.88 Å². The van der Waals surface area contributed by atoms with Crippen molar-refractivity contribution in [2.24, 2.45) is 0 Å². The normalized spacial score (nSPS) is 10.5. The number of ether oxygens (including phenoxy) is 2. The van der Waals surface area contributed by atoms with Gasteiger partial charge in [0.1, 0.15) is 6.61 Å². The first-order valence-corrected chi connectivity index (χ1v) is 5.25. The van der Waals surface area contributed by atoms with Gasteiger partial charge in [-0.2, -0.15) is 0 Å². The number of pyridine rings is 1.